The molecule has 1 N–H and O–H groups in total. The van der Waals surface area contributed by atoms with Gasteiger partial charge in [0.05, 0.1) is 6.67 Å². The maximum atomic E-state index is 13.0. The zero-order valence-electron chi connectivity index (χ0n) is 15.8. The van der Waals surface area contributed by atoms with E-state index >= 15 is 0 Å². The van der Waals surface area contributed by atoms with E-state index in [1.165, 1.54) is 4.90 Å². The van der Waals surface area contributed by atoms with Gasteiger partial charge in [0.25, 0.3) is 5.91 Å². The SMILES string of the molecule is CC1(c2ccccc2)NC(=O)N(CN2CCN(c3ccc(Cl)cc3)CC2)C1=O. The van der Waals surface area contributed by atoms with Crippen LogP contribution in [0.5, 0.6) is 0 Å². The zero-order chi connectivity index (χ0) is 19.7. The molecule has 0 spiro atoms. The molecule has 3 amide bonds. The highest BCUT2D eigenvalue weighted by Gasteiger charge is 2.49. The van der Waals surface area contributed by atoms with Gasteiger partial charge in [-0.25, -0.2) is 9.69 Å². The van der Waals surface area contributed by atoms with Crippen molar-refractivity contribution in [3.8, 4) is 0 Å². The summed E-state index contributed by atoms with van der Waals surface area (Å²) in [6.07, 6.45) is 0. The lowest BCUT2D eigenvalue weighted by Gasteiger charge is -2.37. The molecule has 0 radical (unpaired) electrons. The average molecular weight is 399 g/mol. The van der Waals surface area contributed by atoms with E-state index in [0.717, 1.165) is 42.5 Å². The van der Waals surface area contributed by atoms with Crippen molar-refractivity contribution >= 4 is 29.2 Å². The minimum Gasteiger partial charge on any atom is -0.369 e. The summed E-state index contributed by atoms with van der Waals surface area (Å²) in [7, 11) is 0. The Kier molecular flexibility index (Phi) is 5.00. The van der Waals surface area contributed by atoms with Crippen LogP contribution >= 0.6 is 11.6 Å². The highest BCUT2D eigenvalue weighted by Crippen LogP contribution is 2.29. The van der Waals surface area contributed by atoms with Crippen LogP contribution in [0, 0.1) is 0 Å². The fourth-order valence-corrected chi connectivity index (χ4v) is 3.92. The number of piperazine rings is 1. The summed E-state index contributed by atoms with van der Waals surface area (Å²) >= 11 is 5.96. The first-order chi connectivity index (χ1) is 13.5. The topological polar surface area (TPSA) is 55.9 Å². The van der Waals surface area contributed by atoms with E-state index in [-0.39, 0.29) is 11.9 Å². The first kappa shape index (κ1) is 18.8. The van der Waals surface area contributed by atoms with Crippen molar-refractivity contribution in [1.29, 1.82) is 0 Å². The van der Waals surface area contributed by atoms with Gasteiger partial charge in [-0.15, -0.1) is 0 Å². The van der Waals surface area contributed by atoms with Crippen molar-refractivity contribution in [2.45, 2.75) is 12.5 Å². The molecule has 146 valence electrons. The molecule has 1 unspecified atom stereocenters. The molecule has 2 saturated heterocycles. The third-order valence-corrected chi connectivity index (χ3v) is 5.78. The number of carbonyl (C=O) groups excluding carboxylic acids is 2. The van der Waals surface area contributed by atoms with Crippen LogP contribution < -0.4 is 10.2 Å². The van der Waals surface area contributed by atoms with Crippen LogP contribution in [-0.4, -0.2) is 54.6 Å². The Morgan fingerprint density at radius 2 is 1.61 bits per heavy atom. The monoisotopic (exact) mass is 398 g/mol. The molecule has 0 aromatic heterocycles. The second-order valence-corrected chi connectivity index (χ2v) is 7.81. The molecule has 2 aromatic rings. The summed E-state index contributed by atoms with van der Waals surface area (Å²) < 4.78 is 0. The minimum absolute atomic E-state index is 0.205. The number of hydrogen-bond acceptors (Lipinski definition) is 4. The maximum Gasteiger partial charge on any atom is 0.326 e. The molecule has 0 saturated carbocycles. The number of amides is 3. The largest absolute Gasteiger partial charge is 0.369 e. The van der Waals surface area contributed by atoms with Gasteiger partial charge in [0.15, 0.2) is 0 Å². The summed E-state index contributed by atoms with van der Waals surface area (Å²) in [6, 6.07) is 16.8. The molecular formula is C21H23ClN4O2. The molecule has 4 rings (SSSR count). The molecule has 0 aliphatic carbocycles. The number of anilines is 1. The molecule has 6 nitrogen and oxygen atoms in total. The van der Waals surface area contributed by atoms with Crippen LogP contribution in [0.25, 0.3) is 0 Å². The van der Waals surface area contributed by atoms with Gasteiger partial charge in [-0.2, -0.15) is 0 Å². The Morgan fingerprint density at radius 1 is 0.964 bits per heavy atom. The molecule has 0 bridgehead atoms. The molecule has 2 aromatic carbocycles. The van der Waals surface area contributed by atoms with Gasteiger partial charge in [-0.3, -0.25) is 9.69 Å². The van der Waals surface area contributed by atoms with Crippen molar-refractivity contribution in [3.63, 3.8) is 0 Å². The van der Waals surface area contributed by atoms with Gasteiger partial charge in [0.1, 0.15) is 5.54 Å². The van der Waals surface area contributed by atoms with E-state index in [1.807, 2.05) is 54.6 Å². The van der Waals surface area contributed by atoms with Crippen LogP contribution in [0.15, 0.2) is 54.6 Å². The van der Waals surface area contributed by atoms with E-state index in [4.69, 9.17) is 11.6 Å². The van der Waals surface area contributed by atoms with Crippen molar-refractivity contribution in [2.24, 2.45) is 0 Å². The van der Waals surface area contributed by atoms with Gasteiger partial charge in [0, 0.05) is 36.9 Å². The fraction of sp³-hybridized carbons (Fsp3) is 0.333. The number of nitrogens with zero attached hydrogens (tertiary/aromatic N) is 3. The van der Waals surface area contributed by atoms with Crippen molar-refractivity contribution in [3.05, 3.63) is 65.2 Å². The molecule has 28 heavy (non-hydrogen) atoms. The first-order valence-electron chi connectivity index (χ1n) is 9.40. The molecule has 1 atom stereocenters. The van der Waals surface area contributed by atoms with Gasteiger partial charge in [-0.05, 0) is 36.8 Å². The average Bonchev–Trinajstić information content (AvgIpc) is 2.94. The van der Waals surface area contributed by atoms with Crippen molar-refractivity contribution in [1.82, 2.24) is 15.1 Å². The van der Waals surface area contributed by atoms with Crippen molar-refractivity contribution in [2.75, 3.05) is 37.7 Å². The van der Waals surface area contributed by atoms with E-state index in [9.17, 15) is 9.59 Å². The Hall–Kier alpha value is -2.57. The quantitative estimate of drug-likeness (QED) is 0.804. The summed E-state index contributed by atoms with van der Waals surface area (Å²) in [6.45, 7) is 5.30. The summed E-state index contributed by atoms with van der Waals surface area (Å²) in [5.74, 6) is -0.205. The number of urea groups is 1. The van der Waals surface area contributed by atoms with Gasteiger partial charge in [0.2, 0.25) is 0 Å². The van der Waals surface area contributed by atoms with E-state index in [0.29, 0.717) is 6.67 Å². The Bertz CT molecular complexity index is 866. The smallest absolute Gasteiger partial charge is 0.326 e. The van der Waals surface area contributed by atoms with Crippen LogP contribution in [0.4, 0.5) is 10.5 Å². The highest BCUT2D eigenvalue weighted by atomic mass is 35.5. The maximum absolute atomic E-state index is 13.0. The van der Waals surface area contributed by atoms with E-state index < -0.39 is 5.54 Å². The molecule has 2 heterocycles. The van der Waals surface area contributed by atoms with Gasteiger partial charge >= 0.3 is 6.03 Å². The lowest BCUT2D eigenvalue weighted by molar-refractivity contribution is -0.132. The summed E-state index contributed by atoms with van der Waals surface area (Å²) in [5.41, 5.74) is 0.919. The third kappa shape index (κ3) is 3.45. The molecule has 2 fully saturated rings. The number of nitrogens with one attached hydrogen (secondary N) is 1. The Labute approximate surface area is 169 Å². The highest BCUT2D eigenvalue weighted by molar-refractivity contribution is 6.30. The van der Waals surface area contributed by atoms with Crippen LogP contribution in [0.1, 0.15) is 12.5 Å². The Morgan fingerprint density at radius 3 is 2.25 bits per heavy atom. The normalized spacial score (nSPS) is 23.2. The standard InChI is InChI=1S/C21H23ClN4O2/c1-21(16-5-3-2-4-6-16)19(27)26(20(28)23-21)15-24-11-13-25(14-12-24)18-9-7-17(22)8-10-18/h2-10H,11-15H2,1H3,(H,23,28). The van der Waals surface area contributed by atoms with E-state index in [2.05, 4.69) is 15.1 Å². The minimum atomic E-state index is -1.01. The second-order valence-electron chi connectivity index (χ2n) is 7.38. The molecule has 2 aliphatic rings. The second kappa shape index (κ2) is 7.45. The first-order valence-corrected chi connectivity index (χ1v) is 9.78. The number of imide groups is 1. The summed E-state index contributed by atoms with van der Waals surface area (Å²) in [4.78, 5) is 31.3. The Balaban J connectivity index is 1.39. The number of carbonyl (C=O) groups is 2. The molecule has 2 aliphatic heterocycles. The number of halogens is 1. The summed E-state index contributed by atoms with van der Waals surface area (Å²) in [5, 5.41) is 3.59. The number of hydrogen-bond donors (Lipinski definition) is 1. The number of benzene rings is 2. The molecular weight excluding hydrogens is 376 g/mol. The van der Waals surface area contributed by atoms with E-state index in [1.54, 1.807) is 6.92 Å². The van der Waals surface area contributed by atoms with Crippen LogP contribution in [0.3, 0.4) is 0 Å². The lowest BCUT2D eigenvalue weighted by atomic mass is 9.92. The zero-order valence-corrected chi connectivity index (χ0v) is 16.5. The van der Waals surface area contributed by atoms with Crippen molar-refractivity contribution < 1.29 is 9.59 Å². The fourth-order valence-electron chi connectivity index (χ4n) is 3.79. The van der Waals surface area contributed by atoms with Crippen LogP contribution in [0.2, 0.25) is 5.02 Å². The van der Waals surface area contributed by atoms with Crippen LogP contribution in [-0.2, 0) is 10.3 Å². The third-order valence-electron chi connectivity index (χ3n) is 5.53. The lowest BCUT2D eigenvalue weighted by Crippen LogP contribution is -2.51. The predicted octanol–water partition coefficient (Wildman–Crippen LogP) is 2.89. The number of rotatable bonds is 4. The predicted molar refractivity (Wildman–Crippen MR) is 109 cm³/mol. The van der Waals surface area contributed by atoms with Gasteiger partial charge in [-0.1, -0.05) is 41.9 Å². The molecule has 7 heteroatoms. The van der Waals surface area contributed by atoms with Gasteiger partial charge < -0.3 is 10.2 Å².